The molecule has 0 bridgehead atoms. The first-order chi connectivity index (χ1) is 13.6. The van der Waals surface area contributed by atoms with Crippen molar-refractivity contribution in [1.82, 2.24) is 0 Å². The van der Waals surface area contributed by atoms with Gasteiger partial charge in [-0.3, -0.25) is 0 Å². The normalized spacial score (nSPS) is 10.8. The molecular weight excluding hydrogens is 363 g/mol. The number of carbonyl (C=O) groups excluding carboxylic acids is 1. The Kier molecular flexibility index (Phi) is 4.37. The molecule has 0 amide bonds. The lowest BCUT2D eigenvalue weighted by atomic mass is 9.97. The molecule has 1 heterocycles. The summed E-state index contributed by atoms with van der Waals surface area (Å²) in [7, 11) is 0. The number of ether oxygens (including phenoxy) is 1. The third-order valence-electron chi connectivity index (χ3n) is 4.31. The summed E-state index contributed by atoms with van der Waals surface area (Å²) in [6.07, 6.45) is 1.28. The zero-order valence-electron chi connectivity index (χ0n) is 14.4. The first-order valence-corrected chi connectivity index (χ1v) is 8.36. The van der Waals surface area contributed by atoms with Crippen molar-refractivity contribution < 1.29 is 28.2 Å². The number of halogens is 1. The van der Waals surface area contributed by atoms with Crippen molar-refractivity contribution in [3.63, 3.8) is 0 Å². The van der Waals surface area contributed by atoms with E-state index in [1.165, 1.54) is 30.5 Å². The molecule has 0 unspecified atom stereocenters. The van der Waals surface area contributed by atoms with Crippen molar-refractivity contribution in [3.8, 4) is 16.9 Å². The van der Waals surface area contributed by atoms with E-state index in [4.69, 9.17) is 9.15 Å². The lowest BCUT2D eigenvalue weighted by Gasteiger charge is -2.12. The van der Waals surface area contributed by atoms with Crippen LogP contribution in [0.5, 0.6) is 5.75 Å². The second-order valence-electron chi connectivity index (χ2n) is 6.00. The van der Waals surface area contributed by atoms with E-state index in [9.17, 15) is 19.1 Å². The second kappa shape index (κ2) is 7.00. The molecule has 0 spiro atoms. The number of aromatic carboxylic acids is 1. The van der Waals surface area contributed by atoms with Crippen LogP contribution >= 0.6 is 0 Å². The van der Waals surface area contributed by atoms with Gasteiger partial charge in [-0.15, -0.1) is 0 Å². The molecule has 0 aliphatic heterocycles. The van der Waals surface area contributed by atoms with Crippen LogP contribution in [0, 0.1) is 5.82 Å². The molecule has 28 heavy (non-hydrogen) atoms. The van der Waals surface area contributed by atoms with Gasteiger partial charge in [0.25, 0.3) is 0 Å². The summed E-state index contributed by atoms with van der Waals surface area (Å²) in [4.78, 5) is 23.9. The Bertz CT molecular complexity index is 1200. The van der Waals surface area contributed by atoms with Gasteiger partial charge in [0.1, 0.15) is 11.6 Å². The van der Waals surface area contributed by atoms with E-state index >= 15 is 0 Å². The first kappa shape index (κ1) is 17.5. The highest BCUT2D eigenvalue weighted by Gasteiger charge is 2.21. The molecule has 4 rings (SSSR count). The second-order valence-corrected chi connectivity index (χ2v) is 6.00. The van der Waals surface area contributed by atoms with Crippen LogP contribution < -0.4 is 4.74 Å². The Morgan fingerprint density at radius 2 is 1.64 bits per heavy atom. The molecule has 0 aliphatic rings. The Balaban J connectivity index is 1.86. The van der Waals surface area contributed by atoms with Crippen molar-refractivity contribution in [2.45, 2.75) is 0 Å². The number of carboxylic acids is 1. The largest absolute Gasteiger partial charge is 0.475 e. The summed E-state index contributed by atoms with van der Waals surface area (Å²) in [6.45, 7) is 0. The standard InChI is InChI=1S/C22H13FO5/c23-17-9-2-1-7-16(17)22(26)28-18-10-4-6-13-5-3-8-14(19(13)18)15-11-12-27-20(15)21(24)25/h1-12H,(H,24,25). The third kappa shape index (κ3) is 3.01. The Labute approximate surface area is 158 Å². The summed E-state index contributed by atoms with van der Waals surface area (Å²) in [5.74, 6) is -2.76. The number of esters is 1. The molecule has 138 valence electrons. The molecule has 0 atom stereocenters. The van der Waals surface area contributed by atoms with Crippen molar-refractivity contribution >= 4 is 22.7 Å². The highest BCUT2D eigenvalue weighted by atomic mass is 19.1. The van der Waals surface area contributed by atoms with E-state index in [1.54, 1.807) is 42.5 Å². The lowest BCUT2D eigenvalue weighted by Crippen LogP contribution is -2.11. The van der Waals surface area contributed by atoms with E-state index in [2.05, 4.69) is 0 Å². The monoisotopic (exact) mass is 376 g/mol. The predicted molar refractivity (Wildman–Crippen MR) is 100.0 cm³/mol. The molecule has 0 radical (unpaired) electrons. The summed E-state index contributed by atoms with van der Waals surface area (Å²) in [6, 6.07) is 17.4. The molecule has 0 saturated carbocycles. The van der Waals surface area contributed by atoms with Crippen molar-refractivity contribution in [3.05, 3.63) is 90.1 Å². The minimum atomic E-state index is -1.21. The van der Waals surface area contributed by atoms with Gasteiger partial charge >= 0.3 is 11.9 Å². The highest BCUT2D eigenvalue weighted by Crippen LogP contribution is 2.37. The smallest absolute Gasteiger partial charge is 0.372 e. The van der Waals surface area contributed by atoms with E-state index in [0.717, 1.165) is 5.39 Å². The maximum Gasteiger partial charge on any atom is 0.372 e. The molecule has 0 aliphatic carbocycles. The van der Waals surface area contributed by atoms with Gasteiger partial charge in [-0.1, -0.05) is 42.5 Å². The number of hydrogen-bond donors (Lipinski definition) is 1. The number of fused-ring (bicyclic) bond motifs is 1. The fourth-order valence-electron chi connectivity index (χ4n) is 3.08. The van der Waals surface area contributed by atoms with Crippen LogP contribution in [0.15, 0.2) is 77.4 Å². The van der Waals surface area contributed by atoms with Gasteiger partial charge < -0.3 is 14.3 Å². The molecule has 1 aromatic heterocycles. The summed E-state index contributed by atoms with van der Waals surface area (Å²) in [5.41, 5.74) is 0.694. The maximum absolute atomic E-state index is 13.9. The molecule has 0 fully saturated rings. The Morgan fingerprint density at radius 1 is 0.893 bits per heavy atom. The molecular formula is C22H13FO5. The quantitative estimate of drug-likeness (QED) is 0.393. The van der Waals surface area contributed by atoms with Gasteiger partial charge in [-0.25, -0.2) is 14.0 Å². The van der Waals surface area contributed by atoms with Crippen LogP contribution in [0.2, 0.25) is 0 Å². The molecule has 4 aromatic rings. The lowest BCUT2D eigenvalue weighted by molar-refractivity contribution is 0.0662. The fourth-order valence-corrected chi connectivity index (χ4v) is 3.08. The number of carbonyl (C=O) groups is 2. The van der Waals surface area contributed by atoms with Crippen LogP contribution in [-0.4, -0.2) is 17.0 Å². The summed E-state index contributed by atoms with van der Waals surface area (Å²) in [5, 5.41) is 10.6. The Morgan fingerprint density at radius 3 is 2.39 bits per heavy atom. The molecule has 3 aromatic carbocycles. The molecule has 6 heteroatoms. The van der Waals surface area contributed by atoms with E-state index in [-0.39, 0.29) is 17.1 Å². The van der Waals surface area contributed by atoms with Gasteiger partial charge in [-0.05, 0) is 35.2 Å². The maximum atomic E-state index is 13.9. The molecule has 0 saturated heterocycles. The van der Waals surface area contributed by atoms with Gasteiger partial charge in [-0.2, -0.15) is 0 Å². The minimum absolute atomic E-state index is 0.188. The summed E-state index contributed by atoms with van der Waals surface area (Å²) < 4.78 is 24.5. The third-order valence-corrected chi connectivity index (χ3v) is 4.31. The highest BCUT2D eigenvalue weighted by molar-refractivity contribution is 6.06. The molecule has 5 nitrogen and oxygen atoms in total. The van der Waals surface area contributed by atoms with Crippen LogP contribution in [0.3, 0.4) is 0 Å². The van der Waals surface area contributed by atoms with E-state index < -0.39 is 17.8 Å². The number of benzene rings is 3. The minimum Gasteiger partial charge on any atom is -0.475 e. The number of carboxylic acid groups (broad SMARTS) is 1. The van der Waals surface area contributed by atoms with Gasteiger partial charge in [0.05, 0.1) is 11.8 Å². The van der Waals surface area contributed by atoms with Crippen molar-refractivity contribution in [2.75, 3.05) is 0 Å². The number of furan rings is 1. The van der Waals surface area contributed by atoms with Crippen LogP contribution in [0.4, 0.5) is 4.39 Å². The average Bonchev–Trinajstić information content (AvgIpc) is 3.18. The van der Waals surface area contributed by atoms with Gasteiger partial charge in [0, 0.05) is 10.9 Å². The van der Waals surface area contributed by atoms with Crippen molar-refractivity contribution in [1.29, 1.82) is 0 Å². The van der Waals surface area contributed by atoms with Crippen molar-refractivity contribution in [2.24, 2.45) is 0 Å². The summed E-state index contributed by atoms with van der Waals surface area (Å²) >= 11 is 0. The fraction of sp³-hybridized carbons (Fsp3) is 0. The number of hydrogen-bond acceptors (Lipinski definition) is 4. The van der Waals surface area contributed by atoms with Gasteiger partial charge in [0.2, 0.25) is 5.76 Å². The SMILES string of the molecule is O=C(Oc1cccc2cccc(-c3ccoc3C(=O)O)c12)c1ccccc1F. The van der Waals surface area contributed by atoms with Crippen LogP contribution in [-0.2, 0) is 0 Å². The Hall–Kier alpha value is -3.93. The number of rotatable bonds is 4. The zero-order chi connectivity index (χ0) is 19.7. The topological polar surface area (TPSA) is 76.7 Å². The van der Waals surface area contributed by atoms with E-state index in [1.807, 2.05) is 0 Å². The predicted octanol–water partition coefficient (Wildman–Crippen LogP) is 5.16. The molecule has 1 N–H and O–H groups in total. The van der Waals surface area contributed by atoms with Crippen LogP contribution in [0.25, 0.3) is 21.9 Å². The average molecular weight is 376 g/mol. The van der Waals surface area contributed by atoms with E-state index in [0.29, 0.717) is 16.5 Å². The van der Waals surface area contributed by atoms with Crippen LogP contribution in [0.1, 0.15) is 20.9 Å². The first-order valence-electron chi connectivity index (χ1n) is 8.36. The zero-order valence-corrected chi connectivity index (χ0v) is 14.4. The van der Waals surface area contributed by atoms with Gasteiger partial charge in [0.15, 0.2) is 0 Å².